The van der Waals surface area contributed by atoms with Crippen LogP contribution < -0.4 is 10.1 Å². The zero-order chi connectivity index (χ0) is 19.1. The topological polar surface area (TPSA) is 76.5 Å². The largest absolute Gasteiger partial charge is 0.483 e. The maximum atomic E-state index is 13.0. The van der Waals surface area contributed by atoms with E-state index < -0.39 is 6.04 Å². The molecule has 2 heterocycles. The minimum Gasteiger partial charge on any atom is -0.483 e. The van der Waals surface area contributed by atoms with Crippen LogP contribution in [0.15, 0.2) is 43.0 Å². The summed E-state index contributed by atoms with van der Waals surface area (Å²) in [7, 11) is 0. The number of imidazole rings is 1. The van der Waals surface area contributed by atoms with Crippen LogP contribution >= 0.6 is 0 Å². The minimum atomic E-state index is -0.671. The monoisotopic (exact) mass is 370 g/mol. The summed E-state index contributed by atoms with van der Waals surface area (Å²) in [6.07, 6.45) is 7.99. The summed E-state index contributed by atoms with van der Waals surface area (Å²) in [6.45, 7) is 3.83. The van der Waals surface area contributed by atoms with Crippen molar-refractivity contribution in [3.8, 4) is 5.75 Å². The first-order valence-electron chi connectivity index (χ1n) is 9.45. The van der Waals surface area contributed by atoms with E-state index in [0.29, 0.717) is 18.8 Å². The van der Waals surface area contributed by atoms with Crippen molar-refractivity contribution in [3.05, 3.63) is 48.5 Å². The number of hydrogen-bond acceptors (Lipinski definition) is 4. The Labute approximate surface area is 159 Å². The summed E-state index contributed by atoms with van der Waals surface area (Å²) < 4.78 is 7.62. The molecule has 0 aliphatic carbocycles. The van der Waals surface area contributed by atoms with Gasteiger partial charge in [0.05, 0.1) is 6.33 Å². The third-order valence-corrected chi connectivity index (χ3v) is 4.65. The van der Waals surface area contributed by atoms with Crippen molar-refractivity contribution in [2.45, 2.75) is 38.8 Å². The van der Waals surface area contributed by atoms with Crippen LogP contribution in [0.4, 0.5) is 0 Å². The predicted molar refractivity (Wildman–Crippen MR) is 101 cm³/mol. The van der Waals surface area contributed by atoms with Crippen molar-refractivity contribution in [3.63, 3.8) is 0 Å². The molecule has 0 fully saturated rings. The average molecular weight is 370 g/mol. The first kappa shape index (κ1) is 18.9. The Hall–Kier alpha value is -2.83. The van der Waals surface area contributed by atoms with Gasteiger partial charge in [-0.15, -0.1) is 0 Å². The molecule has 7 nitrogen and oxygen atoms in total. The molecule has 1 aromatic heterocycles. The number of nitrogens with zero attached hydrogens (tertiary/aromatic N) is 3. The summed E-state index contributed by atoms with van der Waals surface area (Å²) >= 11 is 0. The van der Waals surface area contributed by atoms with Gasteiger partial charge in [-0.05, 0) is 18.9 Å². The molecule has 0 spiro atoms. The molecule has 0 bridgehead atoms. The minimum absolute atomic E-state index is 0.0547. The second-order valence-electron chi connectivity index (χ2n) is 6.61. The Bertz CT molecular complexity index is 760. The van der Waals surface area contributed by atoms with E-state index in [1.54, 1.807) is 17.4 Å². The highest BCUT2D eigenvalue weighted by atomic mass is 16.5. The van der Waals surface area contributed by atoms with Crippen molar-refractivity contribution >= 4 is 11.8 Å². The molecule has 1 unspecified atom stereocenters. The molecule has 1 atom stereocenters. The molecule has 1 aromatic carbocycles. The van der Waals surface area contributed by atoms with Gasteiger partial charge in [-0.3, -0.25) is 9.59 Å². The van der Waals surface area contributed by atoms with Gasteiger partial charge in [-0.2, -0.15) is 0 Å². The van der Waals surface area contributed by atoms with Crippen LogP contribution in [0.3, 0.4) is 0 Å². The van der Waals surface area contributed by atoms with Crippen LogP contribution in [0, 0.1) is 0 Å². The molecule has 1 aliphatic heterocycles. The number of rotatable bonds is 8. The lowest BCUT2D eigenvalue weighted by atomic mass is 10.0. The van der Waals surface area contributed by atoms with Gasteiger partial charge >= 0.3 is 0 Å². The second-order valence-corrected chi connectivity index (χ2v) is 6.61. The lowest BCUT2D eigenvalue weighted by Gasteiger charge is -2.29. The summed E-state index contributed by atoms with van der Waals surface area (Å²) in [5.41, 5.74) is 0.736. The first-order valence-corrected chi connectivity index (χ1v) is 9.45. The summed E-state index contributed by atoms with van der Waals surface area (Å²) in [5, 5.41) is 2.97. The number of aromatic nitrogens is 2. The van der Waals surface area contributed by atoms with E-state index >= 15 is 0 Å². The van der Waals surface area contributed by atoms with Gasteiger partial charge in [-0.25, -0.2) is 4.98 Å². The van der Waals surface area contributed by atoms with E-state index in [9.17, 15) is 9.59 Å². The summed E-state index contributed by atoms with van der Waals surface area (Å²) in [4.78, 5) is 31.4. The first-order chi connectivity index (χ1) is 13.2. The maximum Gasteiger partial charge on any atom is 0.261 e. The highest BCUT2D eigenvalue weighted by Gasteiger charge is 2.35. The van der Waals surface area contributed by atoms with Crippen molar-refractivity contribution in [2.75, 3.05) is 19.7 Å². The Morgan fingerprint density at radius 2 is 2.15 bits per heavy atom. The molecule has 2 amide bonds. The number of aryl methyl sites for hydroxylation is 1. The van der Waals surface area contributed by atoms with Gasteiger partial charge in [-0.1, -0.05) is 31.5 Å². The normalized spacial score (nSPS) is 16.4. The van der Waals surface area contributed by atoms with Crippen LogP contribution in [-0.4, -0.2) is 46.0 Å². The number of benzene rings is 1. The van der Waals surface area contributed by atoms with Crippen LogP contribution in [-0.2, 0) is 16.1 Å². The number of para-hydroxylation sites is 1. The molecule has 0 saturated carbocycles. The highest BCUT2D eigenvalue weighted by Crippen LogP contribution is 2.32. The standard InChI is InChI=1S/C20H26N4O3/c1-2-3-9-22-20(26)19-16-7-4-5-8-17(16)27-14-18(25)24(19)12-6-11-23-13-10-21-15-23/h4-5,7-8,10,13,15,19H,2-3,6,9,11-12,14H2,1H3,(H,22,26). The lowest BCUT2D eigenvalue weighted by Crippen LogP contribution is -2.44. The Kier molecular flexibility index (Phi) is 6.46. The van der Waals surface area contributed by atoms with Gasteiger partial charge in [0.1, 0.15) is 11.8 Å². The quantitative estimate of drug-likeness (QED) is 0.723. The van der Waals surface area contributed by atoms with Crippen molar-refractivity contribution in [1.29, 1.82) is 0 Å². The third kappa shape index (κ3) is 4.67. The van der Waals surface area contributed by atoms with Crippen molar-refractivity contribution in [1.82, 2.24) is 19.8 Å². The van der Waals surface area contributed by atoms with Crippen LogP contribution in [0.5, 0.6) is 5.75 Å². The van der Waals surface area contributed by atoms with Crippen molar-refractivity contribution < 1.29 is 14.3 Å². The maximum absolute atomic E-state index is 13.0. The summed E-state index contributed by atoms with van der Waals surface area (Å²) in [6, 6.07) is 6.72. The van der Waals surface area contributed by atoms with Crippen LogP contribution in [0.25, 0.3) is 0 Å². The highest BCUT2D eigenvalue weighted by molar-refractivity contribution is 5.90. The van der Waals surface area contributed by atoms with Gasteiger partial charge in [0.2, 0.25) is 5.91 Å². The van der Waals surface area contributed by atoms with Crippen LogP contribution in [0.1, 0.15) is 37.8 Å². The Morgan fingerprint density at radius 1 is 1.30 bits per heavy atom. The second kappa shape index (κ2) is 9.21. The lowest BCUT2D eigenvalue weighted by molar-refractivity contribution is -0.141. The fraction of sp³-hybridized carbons (Fsp3) is 0.450. The predicted octanol–water partition coefficient (Wildman–Crippen LogP) is 2.15. The molecular formula is C20H26N4O3. The fourth-order valence-electron chi connectivity index (χ4n) is 3.24. The molecule has 1 N–H and O–H groups in total. The molecule has 1 aliphatic rings. The molecule has 2 aromatic rings. The number of nitrogens with one attached hydrogen (secondary N) is 1. The average Bonchev–Trinajstić information content (AvgIpc) is 3.15. The van der Waals surface area contributed by atoms with Crippen molar-refractivity contribution in [2.24, 2.45) is 0 Å². The zero-order valence-electron chi connectivity index (χ0n) is 15.6. The number of amides is 2. The number of unbranched alkanes of at least 4 members (excludes halogenated alkanes) is 1. The SMILES string of the molecule is CCCCNC(=O)C1c2ccccc2OCC(=O)N1CCCn1ccnc1. The van der Waals surface area contributed by atoms with E-state index in [2.05, 4.69) is 17.2 Å². The van der Waals surface area contributed by atoms with Gasteiger partial charge in [0, 0.05) is 37.6 Å². The summed E-state index contributed by atoms with van der Waals surface area (Å²) in [5.74, 6) is 0.267. The number of carbonyl (C=O) groups excluding carboxylic acids is 2. The van der Waals surface area contributed by atoms with E-state index in [0.717, 1.165) is 31.4 Å². The number of hydrogen-bond donors (Lipinski definition) is 1. The molecule has 7 heteroatoms. The van der Waals surface area contributed by atoms with E-state index in [1.165, 1.54) is 0 Å². The molecule has 0 radical (unpaired) electrons. The molecular weight excluding hydrogens is 344 g/mol. The van der Waals surface area contributed by atoms with Gasteiger partial charge in [0.25, 0.3) is 5.91 Å². The van der Waals surface area contributed by atoms with E-state index in [-0.39, 0.29) is 18.4 Å². The molecule has 3 rings (SSSR count). The number of ether oxygens (including phenoxy) is 1. The molecule has 27 heavy (non-hydrogen) atoms. The van der Waals surface area contributed by atoms with Crippen LogP contribution in [0.2, 0.25) is 0 Å². The smallest absolute Gasteiger partial charge is 0.261 e. The fourth-order valence-corrected chi connectivity index (χ4v) is 3.24. The van der Waals surface area contributed by atoms with Gasteiger partial charge < -0.3 is 19.5 Å². The Balaban J connectivity index is 1.79. The van der Waals surface area contributed by atoms with E-state index in [1.807, 2.05) is 35.0 Å². The third-order valence-electron chi connectivity index (χ3n) is 4.65. The number of carbonyl (C=O) groups is 2. The van der Waals surface area contributed by atoms with E-state index in [4.69, 9.17) is 4.74 Å². The molecule has 144 valence electrons. The molecule has 0 saturated heterocycles. The van der Waals surface area contributed by atoms with Gasteiger partial charge in [0.15, 0.2) is 6.61 Å². The Morgan fingerprint density at radius 3 is 2.93 bits per heavy atom. The number of fused-ring (bicyclic) bond motifs is 1. The zero-order valence-corrected chi connectivity index (χ0v) is 15.6.